The summed E-state index contributed by atoms with van der Waals surface area (Å²) in [6.45, 7) is 9.18. The van der Waals surface area contributed by atoms with Gasteiger partial charge in [-0.05, 0) is 57.0 Å². The zero-order valence-corrected chi connectivity index (χ0v) is 20.1. The van der Waals surface area contributed by atoms with E-state index >= 15 is 0 Å². The third-order valence-electron chi connectivity index (χ3n) is 4.30. The Morgan fingerprint density at radius 3 is 2.48 bits per heavy atom. The van der Waals surface area contributed by atoms with Gasteiger partial charge in [-0.15, -0.1) is 24.0 Å². The topological polar surface area (TPSA) is 79.0 Å². The number of nitrogens with one attached hydrogen (secondary N) is 2. The standard InChI is InChI=1S/C22H33N3O3.HI/c1-5-17(4)25-22(23-13-12-19-7-6-14-27-19)24-15-21(26)18-8-10-20(11-9-18)28-16(2)3;/h6-11,14,16-17,21,26H,5,12-13,15H2,1-4H3,(H2,23,24,25);1H. The number of nitrogens with zero attached hydrogens (tertiary/aromatic N) is 1. The minimum atomic E-state index is -0.672. The summed E-state index contributed by atoms with van der Waals surface area (Å²) in [6, 6.07) is 11.6. The molecule has 2 unspecified atom stereocenters. The predicted molar refractivity (Wildman–Crippen MR) is 128 cm³/mol. The van der Waals surface area contributed by atoms with Gasteiger partial charge in [0.1, 0.15) is 11.5 Å². The highest BCUT2D eigenvalue weighted by Gasteiger charge is 2.10. The number of furan rings is 1. The van der Waals surface area contributed by atoms with Gasteiger partial charge in [-0.25, -0.2) is 0 Å². The van der Waals surface area contributed by atoms with Gasteiger partial charge in [0.2, 0.25) is 0 Å². The SMILES string of the molecule is CCC(C)NC(=NCC(O)c1ccc(OC(C)C)cc1)NCCc1ccco1.I. The normalized spacial score (nSPS) is 13.5. The number of aliphatic imine (C=N–C) groups is 1. The van der Waals surface area contributed by atoms with Crippen molar-refractivity contribution in [3.8, 4) is 5.75 Å². The Kier molecular flexibility index (Phi) is 11.8. The summed E-state index contributed by atoms with van der Waals surface area (Å²) >= 11 is 0. The second-order valence-electron chi connectivity index (χ2n) is 7.15. The van der Waals surface area contributed by atoms with Gasteiger partial charge in [0.15, 0.2) is 5.96 Å². The van der Waals surface area contributed by atoms with Crippen LogP contribution >= 0.6 is 24.0 Å². The van der Waals surface area contributed by atoms with E-state index in [0.29, 0.717) is 18.5 Å². The van der Waals surface area contributed by atoms with Crippen LogP contribution in [0.3, 0.4) is 0 Å². The zero-order valence-electron chi connectivity index (χ0n) is 17.7. The molecule has 2 aromatic rings. The van der Waals surface area contributed by atoms with Gasteiger partial charge in [0, 0.05) is 19.0 Å². The molecule has 7 heteroatoms. The molecule has 1 heterocycles. The Bertz CT molecular complexity index is 703. The number of aliphatic hydroxyl groups excluding tert-OH is 1. The van der Waals surface area contributed by atoms with Gasteiger partial charge in [-0.3, -0.25) is 4.99 Å². The maximum absolute atomic E-state index is 10.5. The molecule has 29 heavy (non-hydrogen) atoms. The molecule has 2 rings (SSSR count). The predicted octanol–water partition coefficient (Wildman–Crippen LogP) is 4.29. The molecule has 3 N–H and O–H groups in total. The van der Waals surface area contributed by atoms with Gasteiger partial charge in [0.25, 0.3) is 0 Å². The molecule has 0 bridgehead atoms. The van der Waals surface area contributed by atoms with Crippen molar-refractivity contribution in [2.24, 2.45) is 4.99 Å². The molecule has 0 saturated heterocycles. The van der Waals surface area contributed by atoms with Crippen molar-refractivity contribution in [1.29, 1.82) is 0 Å². The monoisotopic (exact) mass is 515 g/mol. The van der Waals surface area contributed by atoms with E-state index in [-0.39, 0.29) is 36.6 Å². The van der Waals surface area contributed by atoms with Crippen LogP contribution in [-0.2, 0) is 6.42 Å². The second-order valence-corrected chi connectivity index (χ2v) is 7.15. The summed E-state index contributed by atoms with van der Waals surface area (Å²) in [5, 5.41) is 17.2. The first-order chi connectivity index (χ1) is 13.5. The number of guanidine groups is 1. The number of aliphatic hydroxyl groups is 1. The molecule has 1 aromatic carbocycles. The van der Waals surface area contributed by atoms with E-state index in [9.17, 15) is 5.11 Å². The molecule has 0 saturated carbocycles. The average Bonchev–Trinajstić information content (AvgIpc) is 3.19. The second kappa shape index (κ2) is 13.5. The molecule has 0 aliphatic carbocycles. The van der Waals surface area contributed by atoms with Crippen molar-refractivity contribution >= 4 is 29.9 Å². The van der Waals surface area contributed by atoms with E-state index in [2.05, 4.69) is 29.5 Å². The summed E-state index contributed by atoms with van der Waals surface area (Å²) in [7, 11) is 0. The van der Waals surface area contributed by atoms with E-state index in [1.807, 2.05) is 50.2 Å². The van der Waals surface area contributed by atoms with Gasteiger partial charge in [-0.1, -0.05) is 19.1 Å². The lowest BCUT2D eigenvalue weighted by atomic mass is 10.1. The number of halogens is 1. The fourth-order valence-electron chi connectivity index (χ4n) is 2.57. The van der Waals surface area contributed by atoms with Crippen molar-refractivity contribution in [2.45, 2.75) is 58.8 Å². The van der Waals surface area contributed by atoms with E-state index in [1.54, 1.807) is 6.26 Å². The maximum atomic E-state index is 10.5. The molecule has 1 aromatic heterocycles. The molecule has 0 spiro atoms. The van der Waals surface area contributed by atoms with Crippen molar-refractivity contribution in [1.82, 2.24) is 10.6 Å². The van der Waals surface area contributed by atoms with Crippen molar-refractivity contribution in [2.75, 3.05) is 13.1 Å². The summed E-state index contributed by atoms with van der Waals surface area (Å²) in [5.74, 6) is 2.42. The van der Waals surface area contributed by atoms with Crippen LogP contribution in [0.2, 0.25) is 0 Å². The molecule has 162 valence electrons. The van der Waals surface area contributed by atoms with E-state index in [4.69, 9.17) is 9.15 Å². The van der Waals surface area contributed by atoms with Gasteiger partial charge in [-0.2, -0.15) is 0 Å². The number of rotatable bonds is 10. The van der Waals surface area contributed by atoms with Crippen molar-refractivity contribution in [3.63, 3.8) is 0 Å². The van der Waals surface area contributed by atoms with Crippen LogP contribution in [0, 0.1) is 0 Å². The first kappa shape index (κ1) is 25.3. The minimum Gasteiger partial charge on any atom is -0.491 e. The van der Waals surface area contributed by atoms with Crippen LogP contribution in [0.4, 0.5) is 0 Å². The summed E-state index contributed by atoms with van der Waals surface area (Å²) in [5.41, 5.74) is 0.818. The molecule has 0 radical (unpaired) electrons. The lowest BCUT2D eigenvalue weighted by Gasteiger charge is -2.18. The average molecular weight is 515 g/mol. The minimum absolute atomic E-state index is 0. The highest BCUT2D eigenvalue weighted by molar-refractivity contribution is 14.0. The molecule has 0 amide bonds. The molecule has 2 atom stereocenters. The van der Waals surface area contributed by atoms with Crippen LogP contribution in [0.5, 0.6) is 5.75 Å². The Morgan fingerprint density at radius 2 is 1.90 bits per heavy atom. The number of hydrogen-bond acceptors (Lipinski definition) is 4. The quantitative estimate of drug-likeness (QED) is 0.250. The molecular weight excluding hydrogens is 481 g/mol. The third-order valence-corrected chi connectivity index (χ3v) is 4.30. The fourth-order valence-corrected chi connectivity index (χ4v) is 2.57. The van der Waals surface area contributed by atoms with Crippen LogP contribution < -0.4 is 15.4 Å². The van der Waals surface area contributed by atoms with Crippen LogP contribution in [-0.4, -0.2) is 36.3 Å². The highest BCUT2D eigenvalue weighted by atomic mass is 127. The summed E-state index contributed by atoms with van der Waals surface area (Å²) in [4.78, 5) is 4.56. The Hall–Kier alpha value is -1.74. The first-order valence-corrected chi connectivity index (χ1v) is 9.99. The lowest BCUT2D eigenvalue weighted by molar-refractivity contribution is 0.186. The molecule has 0 aliphatic heterocycles. The Labute approximate surface area is 191 Å². The van der Waals surface area contributed by atoms with Gasteiger partial charge in [0.05, 0.1) is 25.0 Å². The molecular formula is C22H34IN3O3. The fraction of sp³-hybridized carbons (Fsp3) is 0.500. The van der Waals surface area contributed by atoms with Gasteiger partial charge >= 0.3 is 0 Å². The molecule has 6 nitrogen and oxygen atoms in total. The zero-order chi connectivity index (χ0) is 20.4. The maximum Gasteiger partial charge on any atom is 0.191 e. The molecule has 0 aliphatic rings. The number of ether oxygens (including phenoxy) is 1. The smallest absolute Gasteiger partial charge is 0.191 e. The Morgan fingerprint density at radius 1 is 1.17 bits per heavy atom. The van der Waals surface area contributed by atoms with Gasteiger partial charge < -0.3 is 24.9 Å². The number of benzene rings is 1. The Balaban J connectivity index is 0.00000420. The molecule has 0 fully saturated rings. The van der Waals surface area contributed by atoms with Crippen molar-refractivity contribution < 1.29 is 14.3 Å². The summed E-state index contributed by atoms with van der Waals surface area (Å²) in [6.07, 6.45) is 2.89. The van der Waals surface area contributed by atoms with E-state index in [0.717, 1.165) is 29.9 Å². The largest absolute Gasteiger partial charge is 0.491 e. The van der Waals surface area contributed by atoms with Crippen molar-refractivity contribution in [3.05, 3.63) is 54.0 Å². The summed E-state index contributed by atoms with van der Waals surface area (Å²) < 4.78 is 11.0. The van der Waals surface area contributed by atoms with E-state index < -0.39 is 6.10 Å². The third kappa shape index (κ3) is 9.54. The lowest BCUT2D eigenvalue weighted by Crippen LogP contribution is -2.43. The first-order valence-electron chi connectivity index (χ1n) is 9.99. The van der Waals surface area contributed by atoms with Crippen LogP contribution in [0.15, 0.2) is 52.1 Å². The van der Waals surface area contributed by atoms with Crippen LogP contribution in [0.25, 0.3) is 0 Å². The van der Waals surface area contributed by atoms with E-state index in [1.165, 1.54) is 0 Å². The highest BCUT2D eigenvalue weighted by Crippen LogP contribution is 2.19. The van der Waals surface area contributed by atoms with Crippen LogP contribution in [0.1, 0.15) is 51.5 Å². The number of hydrogen-bond donors (Lipinski definition) is 3.